The maximum Gasteiger partial charge on any atom is 0.330 e. The van der Waals surface area contributed by atoms with Crippen LogP contribution in [0.15, 0.2) is 18.2 Å². The predicted molar refractivity (Wildman–Crippen MR) is 92.3 cm³/mol. The summed E-state index contributed by atoms with van der Waals surface area (Å²) < 4.78 is 4.99. The molecule has 0 radical (unpaired) electrons. The van der Waals surface area contributed by atoms with E-state index in [1.807, 2.05) is 37.1 Å². The molecule has 2 aliphatic rings. The van der Waals surface area contributed by atoms with Crippen molar-refractivity contribution in [1.82, 2.24) is 10.2 Å². The molecule has 0 aliphatic carbocycles. The molecule has 134 valence electrons. The Bertz CT molecular complexity index is 733. The highest BCUT2D eigenvalue weighted by atomic mass is 16.5. The van der Waals surface area contributed by atoms with Crippen molar-refractivity contribution < 1.29 is 19.1 Å². The number of carbonyl (C=O) groups is 3. The Morgan fingerprint density at radius 2 is 2.04 bits per heavy atom. The van der Waals surface area contributed by atoms with E-state index in [1.54, 1.807) is 7.11 Å². The molecule has 0 bridgehead atoms. The van der Waals surface area contributed by atoms with Gasteiger partial charge in [-0.3, -0.25) is 19.8 Å². The van der Waals surface area contributed by atoms with E-state index in [0.717, 1.165) is 21.7 Å². The van der Waals surface area contributed by atoms with Gasteiger partial charge in [-0.05, 0) is 31.4 Å². The second kappa shape index (κ2) is 6.48. The number of anilines is 1. The van der Waals surface area contributed by atoms with Gasteiger partial charge < -0.3 is 9.64 Å². The first-order valence-electron chi connectivity index (χ1n) is 8.36. The number of nitrogens with zero attached hydrogens (tertiary/aromatic N) is 2. The maximum absolute atomic E-state index is 13.1. The number of hydrogen-bond donors (Lipinski definition) is 1. The van der Waals surface area contributed by atoms with Crippen molar-refractivity contribution in [2.24, 2.45) is 5.41 Å². The molecular weight excluding hydrogens is 322 g/mol. The number of imide groups is 2. The third kappa shape index (κ3) is 2.89. The molecule has 0 saturated carbocycles. The van der Waals surface area contributed by atoms with Crippen molar-refractivity contribution in [2.75, 3.05) is 38.8 Å². The summed E-state index contributed by atoms with van der Waals surface area (Å²) in [5.41, 5.74) is 1.76. The van der Waals surface area contributed by atoms with Crippen LogP contribution in [0.25, 0.3) is 0 Å². The molecule has 1 saturated heterocycles. The molecule has 3 rings (SSSR count). The molecule has 1 aromatic rings. The average Bonchev–Trinajstić information content (AvgIpc) is 2.56. The van der Waals surface area contributed by atoms with Crippen LogP contribution in [0.4, 0.5) is 10.5 Å². The van der Waals surface area contributed by atoms with Gasteiger partial charge in [-0.25, -0.2) is 4.79 Å². The molecule has 4 amide bonds. The quantitative estimate of drug-likeness (QED) is 0.653. The lowest BCUT2D eigenvalue weighted by Crippen LogP contribution is -2.68. The fourth-order valence-corrected chi connectivity index (χ4v) is 3.70. The molecule has 0 aromatic heterocycles. The first-order chi connectivity index (χ1) is 11.9. The predicted octanol–water partition coefficient (Wildman–Crippen LogP) is 1.09. The molecule has 1 aromatic carbocycles. The number of methoxy groups -OCH3 is 1. The van der Waals surface area contributed by atoms with Crippen LogP contribution >= 0.6 is 0 Å². The number of benzene rings is 1. The van der Waals surface area contributed by atoms with Crippen molar-refractivity contribution in [3.63, 3.8) is 0 Å². The second-order valence-corrected chi connectivity index (χ2v) is 6.81. The normalized spacial score (nSPS) is 23.1. The Hall–Kier alpha value is -2.41. The highest BCUT2D eigenvalue weighted by Crippen LogP contribution is 2.39. The number of aryl methyl sites for hydroxylation is 1. The van der Waals surface area contributed by atoms with E-state index in [-0.39, 0.29) is 13.1 Å². The SMILES string of the molecule is COCCCN1C(=O)NC(=O)C2(Cc3cc(C)ccc3N(C)C2)C1=O. The molecule has 1 N–H and O–H groups in total. The number of urea groups is 1. The summed E-state index contributed by atoms with van der Waals surface area (Å²) >= 11 is 0. The Kier molecular flexibility index (Phi) is 4.51. The Morgan fingerprint density at radius 3 is 2.76 bits per heavy atom. The molecule has 1 unspecified atom stereocenters. The number of hydrogen-bond acceptors (Lipinski definition) is 5. The van der Waals surface area contributed by atoms with Crippen LogP contribution in [0, 0.1) is 12.3 Å². The van der Waals surface area contributed by atoms with Crippen molar-refractivity contribution in [2.45, 2.75) is 19.8 Å². The highest BCUT2D eigenvalue weighted by molar-refractivity contribution is 6.20. The van der Waals surface area contributed by atoms with Gasteiger partial charge in [0.2, 0.25) is 11.8 Å². The minimum Gasteiger partial charge on any atom is -0.385 e. The number of fused-ring (bicyclic) bond motifs is 1. The summed E-state index contributed by atoms with van der Waals surface area (Å²) in [6.45, 7) is 2.91. The van der Waals surface area contributed by atoms with Crippen molar-refractivity contribution in [3.8, 4) is 0 Å². The van der Waals surface area contributed by atoms with Crippen LogP contribution in [0.5, 0.6) is 0 Å². The number of ether oxygens (including phenoxy) is 1. The van der Waals surface area contributed by atoms with E-state index < -0.39 is 23.3 Å². The average molecular weight is 345 g/mol. The lowest BCUT2D eigenvalue weighted by Gasteiger charge is -2.45. The number of barbiturate groups is 1. The van der Waals surface area contributed by atoms with Crippen LogP contribution < -0.4 is 10.2 Å². The Balaban J connectivity index is 1.95. The van der Waals surface area contributed by atoms with E-state index in [4.69, 9.17) is 4.74 Å². The van der Waals surface area contributed by atoms with Crippen LogP contribution in [0.1, 0.15) is 17.5 Å². The fraction of sp³-hybridized carbons (Fsp3) is 0.500. The standard InChI is InChI=1S/C18H23N3O4/c1-12-5-6-14-13(9-12)10-18(11-20(14)2)15(22)19-17(24)21(16(18)23)7-4-8-25-3/h5-6,9H,4,7-8,10-11H2,1-3H3,(H,19,22,24). The lowest BCUT2D eigenvalue weighted by molar-refractivity contribution is -0.151. The van der Waals surface area contributed by atoms with Gasteiger partial charge in [0.25, 0.3) is 0 Å². The van der Waals surface area contributed by atoms with Crippen LogP contribution in [0.2, 0.25) is 0 Å². The summed E-state index contributed by atoms with van der Waals surface area (Å²) in [6.07, 6.45) is 0.832. The van der Waals surface area contributed by atoms with Crippen LogP contribution in [-0.4, -0.2) is 56.6 Å². The maximum atomic E-state index is 13.1. The number of amides is 4. The second-order valence-electron chi connectivity index (χ2n) is 6.81. The molecule has 1 fully saturated rings. The summed E-state index contributed by atoms with van der Waals surface area (Å²) in [7, 11) is 3.43. The van der Waals surface area contributed by atoms with E-state index >= 15 is 0 Å². The molecular formula is C18H23N3O4. The fourth-order valence-electron chi connectivity index (χ4n) is 3.70. The van der Waals surface area contributed by atoms with Crippen molar-refractivity contribution >= 4 is 23.5 Å². The highest BCUT2D eigenvalue weighted by Gasteiger charge is 2.56. The number of carbonyl (C=O) groups excluding carboxylic acids is 3. The van der Waals surface area contributed by atoms with Gasteiger partial charge >= 0.3 is 6.03 Å². The molecule has 7 nitrogen and oxygen atoms in total. The molecule has 7 heteroatoms. The third-order valence-electron chi connectivity index (χ3n) is 4.93. The molecule has 2 heterocycles. The Morgan fingerprint density at radius 1 is 1.28 bits per heavy atom. The zero-order chi connectivity index (χ0) is 18.2. The van der Waals surface area contributed by atoms with Gasteiger partial charge in [-0.2, -0.15) is 0 Å². The van der Waals surface area contributed by atoms with E-state index in [2.05, 4.69) is 5.32 Å². The molecule has 1 atom stereocenters. The minimum absolute atomic E-state index is 0.234. The topological polar surface area (TPSA) is 79.0 Å². The summed E-state index contributed by atoms with van der Waals surface area (Å²) in [6, 6.07) is 5.37. The molecule has 25 heavy (non-hydrogen) atoms. The largest absolute Gasteiger partial charge is 0.385 e. The monoisotopic (exact) mass is 345 g/mol. The van der Waals surface area contributed by atoms with Crippen LogP contribution in [-0.2, 0) is 20.7 Å². The number of rotatable bonds is 4. The molecule has 2 aliphatic heterocycles. The smallest absolute Gasteiger partial charge is 0.330 e. The van der Waals surface area contributed by atoms with Gasteiger partial charge in [-0.15, -0.1) is 0 Å². The first-order valence-corrected chi connectivity index (χ1v) is 8.36. The van der Waals surface area contributed by atoms with Gasteiger partial charge in [0.1, 0.15) is 5.41 Å². The van der Waals surface area contributed by atoms with E-state index in [1.165, 1.54) is 0 Å². The van der Waals surface area contributed by atoms with Crippen molar-refractivity contribution in [1.29, 1.82) is 0 Å². The van der Waals surface area contributed by atoms with E-state index in [9.17, 15) is 14.4 Å². The molecule has 1 spiro atoms. The first kappa shape index (κ1) is 17.4. The lowest BCUT2D eigenvalue weighted by atomic mass is 9.74. The van der Waals surface area contributed by atoms with Crippen molar-refractivity contribution in [3.05, 3.63) is 29.3 Å². The zero-order valence-electron chi connectivity index (χ0n) is 14.8. The zero-order valence-corrected chi connectivity index (χ0v) is 14.8. The van der Waals surface area contributed by atoms with Gasteiger partial charge in [0, 0.05) is 39.5 Å². The van der Waals surface area contributed by atoms with Gasteiger partial charge in [0.15, 0.2) is 0 Å². The van der Waals surface area contributed by atoms with Crippen LogP contribution in [0.3, 0.4) is 0 Å². The number of nitrogens with one attached hydrogen (secondary N) is 1. The van der Waals surface area contributed by atoms with E-state index in [0.29, 0.717) is 19.4 Å². The summed E-state index contributed by atoms with van der Waals surface area (Å²) in [5, 5.41) is 2.37. The third-order valence-corrected chi connectivity index (χ3v) is 4.93. The summed E-state index contributed by atoms with van der Waals surface area (Å²) in [5.74, 6) is -0.930. The van der Waals surface area contributed by atoms with Gasteiger partial charge in [0.05, 0.1) is 0 Å². The minimum atomic E-state index is -1.27. The van der Waals surface area contributed by atoms with Gasteiger partial charge in [-0.1, -0.05) is 17.7 Å². The Labute approximate surface area is 146 Å². The summed E-state index contributed by atoms with van der Waals surface area (Å²) in [4.78, 5) is 41.0.